The quantitative estimate of drug-likeness (QED) is 0.219. The lowest BCUT2D eigenvalue weighted by atomic mass is 10.0. The van der Waals surface area contributed by atoms with Gasteiger partial charge in [-0.1, -0.05) is 71.8 Å². The second-order valence-electron chi connectivity index (χ2n) is 11.2. The van der Waals surface area contributed by atoms with Crippen molar-refractivity contribution in [3.05, 3.63) is 132 Å². The highest BCUT2D eigenvalue weighted by Crippen LogP contribution is 2.45. The molecule has 0 fully saturated rings. The Balaban J connectivity index is 1.22. The predicted octanol–water partition coefficient (Wildman–Crippen LogP) is 10.3. The smallest absolute Gasteiger partial charge is 0.152 e. The molecular weight excluding hydrogens is 500 g/mol. The molecule has 3 nitrogen and oxygen atoms in total. The molecule has 9 rings (SSSR count). The zero-order chi connectivity index (χ0) is 27.2. The van der Waals surface area contributed by atoms with Gasteiger partial charge in [-0.3, -0.25) is 0 Å². The molecule has 0 amide bonds. The molecule has 0 unspecified atom stereocenters. The van der Waals surface area contributed by atoms with Gasteiger partial charge in [0.15, 0.2) is 11.5 Å². The van der Waals surface area contributed by atoms with E-state index in [0.717, 1.165) is 22.7 Å². The van der Waals surface area contributed by atoms with Gasteiger partial charge in [0.05, 0.1) is 27.8 Å². The van der Waals surface area contributed by atoms with Crippen molar-refractivity contribution in [1.82, 2.24) is 9.13 Å². The second kappa shape index (κ2) is 8.12. The second-order valence-corrected chi connectivity index (χ2v) is 11.2. The van der Waals surface area contributed by atoms with Gasteiger partial charge in [0.2, 0.25) is 0 Å². The minimum atomic E-state index is 0.885. The Morgan fingerprint density at radius 1 is 0.463 bits per heavy atom. The molecule has 3 heterocycles. The average molecular weight is 527 g/mol. The maximum absolute atomic E-state index is 6.29. The Hall–Kier alpha value is -5.28. The van der Waals surface area contributed by atoms with Crippen molar-refractivity contribution in [2.75, 3.05) is 0 Å². The highest BCUT2D eigenvalue weighted by atomic mass is 16.5. The predicted molar refractivity (Wildman–Crippen MR) is 170 cm³/mol. The fourth-order valence-electron chi connectivity index (χ4n) is 6.73. The van der Waals surface area contributed by atoms with Crippen LogP contribution in [-0.2, 0) is 0 Å². The van der Waals surface area contributed by atoms with E-state index < -0.39 is 0 Å². The number of hydrogen-bond donors (Lipinski definition) is 0. The third-order valence-electron chi connectivity index (χ3n) is 8.61. The first-order valence-corrected chi connectivity index (χ1v) is 14.1. The number of hydrogen-bond acceptors (Lipinski definition) is 1. The van der Waals surface area contributed by atoms with Crippen molar-refractivity contribution in [3.63, 3.8) is 0 Å². The lowest BCUT2D eigenvalue weighted by Crippen LogP contribution is -2.03. The van der Waals surface area contributed by atoms with Crippen molar-refractivity contribution >= 4 is 43.6 Å². The summed E-state index contributed by atoms with van der Waals surface area (Å²) in [6.07, 6.45) is 0. The zero-order valence-corrected chi connectivity index (χ0v) is 22.8. The molecular formula is C38H26N2O. The number of para-hydroxylation sites is 3. The van der Waals surface area contributed by atoms with Crippen molar-refractivity contribution in [2.45, 2.75) is 13.8 Å². The number of benzene rings is 6. The summed E-state index contributed by atoms with van der Waals surface area (Å²) in [5.41, 5.74) is 12.0. The van der Waals surface area contributed by atoms with Crippen LogP contribution in [0.15, 0.2) is 121 Å². The fraction of sp³-hybridized carbons (Fsp3) is 0.0526. The van der Waals surface area contributed by atoms with Gasteiger partial charge in [0.25, 0.3) is 0 Å². The molecule has 0 atom stereocenters. The number of nitrogens with zero attached hydrogens (tertiary/aromatic N) is 2. The molecule has 194 valence electrons. The Morgan fingerprint density at radius 3 is 1.90 bits per heavy atom. The van der Waals surface area contributed by atoms with E-state index in [-0.39, 0.29) is 0 Å². The molecule has 8 aromatic rings. The maximum atomic E-state index is 6.29. The number of rotatable bonds is 2. The normalized spacial score (nSPS) is 12.3. The van der Waals surface area contributed by atoms with Gasteiger partial charge in [-0.05, 0) is 85.6 Å². The van der Waals surface area contributed by atoms with Crippen molar-refractivity contribution < 1.29 is 4.74 Å². The van der Waals surface area contributed by atoms with Gasteiger partial charge in [0.1, 0.15) is 0 Å². The molecule has 0 spiro atoms. The summed E-state index contributed by atoms with van der Waals surface area (Å²) >= 11 is 0. The Labute approximate surface area is 237 Å². The highest BCUT2D eigenvalue weighted by molar-refractivity contribution is 6.13. The van der Waals surface area contributed by atoms with Gasteiger partial charge >= 0.3 is 0 Å². The van der Waals surface area contributed by atoms with Gasteiger partial charge in [-0.15, -0.1) is 0 Å². The largest absolute Gasteiger partial charge is 0.453 e. The van der Waals surface area contributed by atoms with E-state index in [1.54, 1.807) is 0 Å². The summed E-state index contributed by atoms with van der Waals surface area (Å²) in [5, 5.41) is 5.05. The summed E-state index contributed by atoms with van der Waals surface area (Å²) in [6, 6.07) is 44.0. The van der Waals surface area contributed by atoms with Crippen LogP contribution in [0.4, 0.5) is 0 Å². The van der Waals surface area contributed by atoms with Crippen LogP contribution >= 0.6 is 0 Å². The number of ether oxygens (including phenoxy) is 1. The van der Waals surface area contributed by atoms with E-state index in [4.69, 9.17) is 4.74 Å². The first-order valence-electron chi connectivity index (χ1n) is 14.1. The summed E-state index contributed by atoms with van der Waals surface area (Å²) in [5.74, 6) is 1.79. The van der Waals surface area contributed by atoms with Crippen LogP contribution in [0.1, 0.15) is 11.1 Å². The Morgan fingerprint density at radius 2 is 1.15 bits per heavy atom. The minimum absolute atomic E-state index is 0.885. The van der Waals surface area contributed by atoms with Crippen LogP contribution in [0.2, 0.25) is 0 Å². The summed E-state index contributed by atoms with van der Waals surface area (Å²) < 4.78 is 11.0. The molecule has 0 aliphatic carbocycles. The minimum Gasteiger partial charge on any atom is -0.453 e. The van der Waals surface area contributed by atoms with Crippen LogP contribution in [-0.4, -0.2) is 9.13 Å². The molecule has 0 bridgehead atoms. The number of fused-ring (bicyclic) bond motifs is 8. The number of aryl methyl sites for hydroxylation is 2. The third-order valence-corrected chi connectivity index (χ3v) is 8.61. The van der Waals surface area contributed by atoms with E-state index in [2.05, 4.69) is 132 Å². The SMILES string of the molecule is Cc1ccc2c(c1)c1cc(C)ccc1n2-c1ccc(-c2ccc3c4cccc5c4n(c3c2)-c2ccccc2O5)cc1. The van der Waals surface area contributed by atoms with E-state index in [1.165, 1.54) is 66.0 Å². The summed E-state index contributed by atoms with van der Waals surface area (Å²) in [6.45, 7) is 4.33. The van der Waals surface area contributed by atoms with Crippen LogP contribution in [0.3, 0.4) is 0 Å². The molecule has 2 aromatic heterocycles. The van der Waals surface area contributed by atoms with Gasteiger partial charge < -0.3 is 13.9 Å². The van der Waals surface area contributed by atoms with E-state index in [9.17, 15) is 0 Å². The summed E-state index contributed by atoms with van der Waals surface area (Å²) in [4.78, 5) is 0. The monoisotopic (exact) mass is 526 g/mol. The van der Waals surface area contributed by atoms with Gasteiger partial charge in [-0.2, -0.15) is 0 Å². The maximum Gasteiger partial charge on any atom is 0.152 e. The lowest BCUT2D eigenvalue weighted by Gasteiger charge is -2.20. The van der Waals surface area contributed by atoms with Crippen molar-refractivity contribution in [2.24, 2.45) is 0 Å². The molecule has 0 radical (unpaired) electrons. The molecule has 0 saturated carbocycles. The first kappa shape index (κ1) is 22.5. The van der Waals surface area contributed by atoms with Crippen molar-refractivity contribution in [1.29, 1.82) is 0 Å². The lowest BCUT2D eigenvalue weighted by molar-refractivity contribution is 0.476. The van der Waals surface area contributed by atoms with Crippen LogP contribution in [0, 0.1) is 13.8 Å². The van der Waals surface area contributed by atoms with Crippen LogP contribution in [0.5, 0.6) is 11.5 Å². The van der Waals surface area contributed by atoms with Gasteiger partial charge in [-0.25, -0.2) is 0 Å². The molecule has 41 heavy (non-hydrogen) atoms. The van der Waals surface area contributed by atoms with E-state index in [1.807, 2.05) is 12.1 Å². The van der Waals surface area contributed by atoms with E-state index in [0.29, 0.717) is 0 Å². The van der Waals surface area contributed by atoms with Gasteiger partial charge in [0, 0.05) is 27.2 Å². The average Bonchev–Trinajstić information content (AvgIpc) is 3.50. The molecule has 1 aliphatic heterocycles. The van der Waals surface area contributed by atoms with Crippen LogP contribution < -0.4 is 4.74 Å². The topological polar surface area (TPSA) is 19.1 Å². The molecule has 0 saturated heterocycles. The molecule has 1 aliphatic rings. The standard InChI is InChI=1S/C38H26N2O/c1-23-10-18-32-30(20-23)31-21-24(2)11-19-33(31)39(32)27-15-12-25(13-16-27)26-14-17-28-29-6-5-9-37-38(29)40(35(28)22-26)34-7-3-4-8-36(34)41-37/h3-22H,1-2H3. The van der Waals surface area contributed by atoms with Crippen molar-refractivity contribution in [3.8, 4) is 34.0 Å². The summed E-state index contributed by atoms with van der Waals surface area (Å²) in [7, 11) is 0. The Bertz CT molecular complexity index is 2290. The molecule has 3 heteroatoms. The van der Waals surface area contributed by atoms with Crippen LogP contribution in [0.25, 0.3) is 66.1 Å². The number of aromatic nitrogens is 2. The van der Waals surface area contributed by atoms with E-state index >= 15 is 0 Å². The third kappa shape index (κ3) is 3.14. The zero-order valence-electron chi connectivity index (χ0n) is 22.8. The first-order chi connectivity index (χ1) is 20.1. The highest BCUT2D eigenvalue weighted by Gasteiger charge is 2.23. The molecule has 0 N–H and O–H groups in total. The Kier molecular flexibility index (Phi) is 4.46. The molecule has 6 aromatic carbocycles. The fourth-order valence-corrected chi connectivity index (χ4v) is 6.73.